The molecule has 88 valence electrons. The predicted octanol–water partition coefficient (Wildman–Crippen LogP) is 3.20. The van der Waals surface area contributed by atoms with Gasteiger partial charge in [-0.15, -0.1) is 0 Å². The quantitative estimate of drug-likeness (QED) is 0.541. The van der Waals surface area contributed by atoms with Crippen molar-refractivity contribution >= 4 is 11.4 Å². The molecular formula is C13H21N3. The summed E-state index contributed by atoms with van der Waals surface area (Å²) in [5.74, 6) is 0. The molecule has 3 heteroatoms. The van der Waals surface area contributed by atoms with Gasteiger partial charge in [-0.05, 0) is 33.3 Å². The molecule has 0 radical (unpaired) electrons. The molecule has 0 atom stereocenters. The van der Waals surface area contributed by atoms with Crippen LogP contribution in [0.1, 0.15) is 34.1 Å². The lowest BCUT2D eigenvalue weighted by Gasteiger charge is -2.12. The minimum absolute atomic E-state index is 0.501. The fraction of sp³-hybridized carbons (Fsp3) is 0.385. The van der Waals surface area contributed by atoms with E-state index >= 15 is 0 Å². The van der Waals surface area contributed by atoms with Gasteiger partial charge < -0.3 is 11.1 Å². The van der Waals surface area contributed by atoms with E-state index in [1.54, 1.807) is 6.92 Å². The van der Waals surface area contributed by atoms with Crippen molar-refractivity contribution < 1.29 is 0 Å². The average molecular weight is 219 g/mol. The molecule has 0 aliphatic heterocycles. The first-order valence-electron chi connectivity index (χ1n) is 5.25. The summed E-state index contributed by atoms with van der Waals surface area (Å²) in [6, 6.07) is 0. The molecule has 0 amide bonds. The van der Waals surface area contributed by atoms with E-state index in [2.05, 4.69) is 11.6 Å². The van der Waals surface area contributed by atoms with Gasteiger partial charge in [0.05, 0.1) is 5.71 Å². The lowest BCUT2D eigenvalue weighted by molar-refractivity contribution is 1.22. The van der Waals surface area contributed by atoms with Crippen molar-refractivity contribution in [2.75, 3.05) is 0 Å². The number of hydrogen-bond donors (Lipinski definition) is 2. The highest BCUT2D eigenvalue weighted by molar-refractivity contribution is 6.13. The van der Waals surface area contributed by atoms with E-state index in [1.165, 1.54) is 6.20 Å². The second kappa shape index (κ2) is 6.77. The minimum Gasteiger partial charge on any atom is -0.402 e. The maximum Gasteiger partial charge on any atom is 0.0551 e. The summed E-state index contributed by atoms with van der Waals surface area (Å²) < 4.78 is 0. The van der Waals surface area contributed by atoms with Crippen LogP contribution in [0.25, 0.3) is 0 Å². The first kappa shape index (κ1) is 14.4. The maximum atomic E-state index is 7.54. The predicted molar refractivity (Wildman–Crippen MR) is 72.0 cm³/mol. The van der Waals surface area contributed by atoms with Crippen molar-refractivity contribution in [1.82, 2.24) is 0 Å². The molecule has 3 nitrogen and oxygen atoms in total. The van der Waals surface area contributed by atoms with Gasteiger partial charge in [0.1, 0.15) is 0 Å². The van der Waals surface area contributed by atoms with E-state index in [0.717, 1.165) is 22.6 Å². The summed E-state index contributed by atoms with van der Waals surface area (Å²) in [5.41, 5.74) is 9.95. The van der Waals surface area contributed by atoms with Crippen LogP contribution >= 0.6 is 0 Å². The SMILES string of the molecule is C=C\N=C(CC(C)=N)/C(C(/C)=C\C)=C(/C)N. The van der Waals surface area contributed by atoms with Gasteiger partial charge in [0.2, 0.25) is 0 Å². The lowest BCUT2D eigenvalue weighted by Crippen LogP contribution is -2.13. The van der Waals surface area contributed by atoms with E-state index in [-0.39, 0.29) is 0 Å². The van der Waals surface area contributed by atoms with Gasteiger partial charge in [-0.3, -0.25) is 4.99 Å². The van der Waals surface area contributed by atoms with Crippen LogP contribution in [0, 0.1) is 5.41 Å². The van der Waals surface area contributed by atoms with E-state index in [0.29, 0.717) is 12.1 Å². The van der Waals surface area contributed by atoms with Crippen molar-refractivity contribution in [3.8, 4) is 0 Å². The van der Waals surface area contributed by atoms with Gasteiger partial charge in [0, 0.05) is 29.6 Å². The number of rotatable bonds is 5. The maximum absolute atomic E-state index is 7.54. The third-order valence-electron chi connectivity index (χ3n) is 2.19. The van der Waals surface area contributed by atoms with Gasteiger partial charge >= 0.3 is 0 Å². The van der Waals surface area contributed by atoms with Crippen molar-refractivity contribution in [2.45, 2.75) is 34.1 Å². The molecule has 16 heavy (non-hydrogen) atoms. The standard InChI is InChI=1S/C13H21N3/c1-6-9(3)13(11(5)15)12(16-7-2)8-10(4)14/h6-7,14H,2,8,15H2,1,3-5H3/b9-6-,13-11-,14-10?,16-12-. The van der Waals surface area contributed by atoms with Crippen LogP contribution < -0.4 is 5.73 Å². The highest BCUT2D eigenvalue weighted by atomic mass is 14.7. The van der Waals surface area contributed by atoms with Crippen LogP contribution in [-0.2, 0) is 0 Å². The molecule has 0 bridgehead atoms. The summed E-state index contributed by atoms with van der Waals surface area (Å²) >= 11 is 0. The van der Waals surface area contributed by atoms with Crippen molar-refractivity contribution in [3.63, 3.8) is 0 Å². The molecule has 0 aromatic carbocycles. The zero-order valence-electron chi connectivity index (χ0n) is 10.6. The first-order valence-corrected chi connectivity index (χ1v) is 5.25. The van der Waals surface area contributed by atoms with Gasteiger partial charge in [-0.25, -0.2) is 0 Å². The molecule has 0 aromatic rings. The van der Waals surface area contributed by atoms with E-state index < -0.39 is 0 Å². The van der Waals surface area contributed by atoms with E-state index in [1.807, 2.05) is 26.8 Å². The number of nitrogens with zero attached hydrogens (tertiary/aromatic N) is 1. The summed E-state index contributed by atoms with van der Waals surface area (Å²) in [4.78, 5) is 4.22. The Bertz CT molecular complexity index is 367. The first-order chi connectivity index (χ1) is 7.43. The topological polar surface area (TPSA) is 62.2 Å². The van der Waals surface area contributed by atoms with Gasteiger partial charge in [0.15, 0.2) is 0 Å². The smallest absolute Gasteiger partial charge is 0.0551 e. The second-order valence-corrected chi connectivity index (χ2v) is 3.75. The van der Waals surface area contributed by atoms with Crippen LogP contribution in [-0.4, -0.2) is 11.4 Å². The molecule has 3 N–H and O–H groups in total. The Hall–Kier alpha value is -1.64. The molecule has 0 saturated heterocycles. The van der Waals surface area contributed by atoms with Crippen molar-refractivity contribution in [3.05, 3.63) is 35.7 Å². The Labute approximate surface area is 98.0 Å². The molecule has 0 unspecified atom stereocenters. The third kappa shape index (κ3) is 4.26. The largest absolute Gasteiger partial charge is 0.402 e. The third-order valence-corrected chi connectivity index (χ3v) is 2.19. The highest BCUT2D eigenvalue weighted by Gasteiger charge is 2.11. The van der Waals surface area contributed by atoms with Crippen LogP contribution in [0.3, 0.4) is 0 Å². The molecule has 0 rings (SSSR count). The van der Waals surface area contributed by atoms with E-state index in [4.69, 9.17) is 11.1 Å². The number of aliphatic imine (C=N–C) groups is 1. The Morgan fingerprint density at radius 1 is 1.38 bits per heavy atom. The second-order valence-electron chi connectivity index (χ2n) is 3.75. The van der Waals surface area contributed by atoms with Gasteiger partial charge in [0.25, 0.3) is 0 Å². The normalized spacial score (nSPS) is 14.5. The van der Waals surface area contributed by atoms with Crippen molar-refractivity contribution in [2.24, 2.45) is 10.7 Å². The number of nitrogens with one attached hydrogen (secondary N) is 1. The highest BCUT2D eigenvalue weighted by Crippen LogP contribution is 2.16. The summed E-state index contributed by atoms with van der Waals surface area (Å²) in [6.45, 7) is 11.1. The van der Waals surface area contributed by atoms with Crippen LogP contribution in [0.5, 0.6) is 0 Å². The Balaban J connectivity index is 5.48. The minimum atomic E-state index is 0.501. The Morgan fingerprint density at radius 2 is 1.94 bits per heavy atom. The molecule has 0 aliphatic carbocycles. The molecular weight excluding hydrogens is 198 g/mol. The molecule has 0 aromatic heterocycles. The van der Waals surface area contributed by atoms with Crippen LogP contribution in [0.4, 0.5) is 0 Å². The Morgan fingerprint density at radius 3 is 2.25 bits per heavy atom. The Kier molecular flexibility index (Phi) is 6.08. The summed E-state index contributed by atoms with van der Waals surface area (Å²) in [6.07, 6.45) is 3.98. The summed E-state index contributed by atoms with van der Waals surface area (Å²) in [5, 5.41) is 7.54. The number of allylic oxidation sites excluding steroid dienone is 4. The average Bonchev–Trinajstić information content (AvgIpc) is 2.16. The van der Waals surface area contributed by atoms with Crippen LogP contribution in [0.15, 0.2) is 40.7 Å². The lowest BCUT2D eigenvalue weighted by atomic mass is 9.96. The molecule has 0 fully saturated rings. The zero-order valence-corrected chi connectivity index (χ0v) is 10.6. The zero-order chi connectivity index (χ0) is 12.7. The van der Waals surface area contributed by atoms with E-state index in [9.17, 15) is 0 Å². The molecule has 0 spiro atoms. The number of nitrogens with two attached hydrogens (primary N) is 1. The molecule has 0 heterocycles. The molecule has 0 saturated carbocycles. The molecule has 0 aliphatic rings. The summed E-state index contributed by atoms with van der Waals surface area (Å²) in [7, 11) is 0. The van der Waals surface area contributed by atoms with Gasteiger partial charge in [-0.1, -0.05) is 12.7 Å². The van der Waals surface area contributed by atoms with Gasteiger partial charge in [-0.2, -0.15) is 0 Å². The van der Waals surface area contributed by atoms with Crippen molar-refractivity contribution in [1.29, 1.82) is 5.41 Å². The monoisotopic (exact) mass is 219 g/mol. The number of hydrogen-bond acceptors (Lipinski definition) is 3. The fourth-order valence-corrected chi connectivity index (χ4v) is 1.47. The fourth-order valence-electron chi connectivity index (χ4n) is 1.47. The van der Waals surface area contributed by atoms with Crippen LogP contribution in [0.2, 0.25) is 0 Å².